The van der Waals surface area contributed by atoms with Crippen molar-refractivity contribution in [2.75, 3.05) is 26.2 Å². The van der Waals surface area contributed by atoms with Crippen LogP contribution in [0.5, 0.6) is 0 Å². The second-order valence-electron chi connectivity index (χ2n) is 6.19. The summed E-state index contributed by atoms with van der Waals surface area (Å²) < 4.78 is 0. The van der Waals surface area contributed by atoms with Crippen LogP contribution in [0.25, 0.3) is 0 Å². The molecule has 2 saturated heterocycles. The summed E-state index contributed by atoms with van der Waals surface area (Å²) in [4.78, 5) is 27.9. The molecule has 0 aliphatic carbocycles. The van der Waals surface area contributed by atoms with Gasteiger partial charge in [0.2, 0.25) is 11.8 Å². The molecule has 6 heteroatoms. The summed E-state index contributed by atoms with van der Waals surface area (Å²) >= 11 is 11.9. The van der Waals surface area contributed by atoms with Gasteiger partial charge in [0.15, 0.2) is 0 Å². The van der Waals surface area contributed by atoms with Crippen molar-refractivity contribution >= 4 is 35.0 Å². The second kappa shape index (κ2) is 6.54. The summed E-state index contributed by atoms with van der Waals surface area (Å²) in [5, 5.41) is 0.958. The van der Waals surface area contributed by atoms with Crippen LogP contribution in [0.15, 0.2) is 30.9 Å². The van der Waals surface area contributed by atoms with Gasteiger partial charge in [-0.05, 0) is 23.8 Å². The third-order valence-electron chi connectivity index (χ3n) is 4.66. The lowest BCUT2D eigenvalue weighted by Crippen LogP contribution is -2.35. The molecule has 4 nitrogen and oxygen atoms in total. The Kier molecular flexibility index (Phi) is 4.64. The van der Waals surface area contributed by atoms with Crippen LogP contribution in [-0.2, 0) is 16.0 Å². The van der Waals surface area contributed by atoms with Crippen LogP contribution in [0.1, 0.15) is 5.56 Å². The van der Waals surface area contributed by atoms with Gasteiger partial charge in [-0.1, -0.05) is 35.8 Å². The van der Waals surface area contributed by atoms with Crippen molar-refractivity contribution in [1.82, 2.24) is 9.80 Å². The number of benzene rings is 1. The summed E-state index contributed by atoms with van der Waals surface area (Å²) in [7, 11) is 0. The van der Waals surface area contributed by atoms with Gasteiger partial charge >= 0.3 is 0 Å². The topological polar surface area (TPSA) is 40.6 Å². The van der Waals surface area contributed by atoms with Crippen molar-refractivity contribution in [2.45, 2.75) is 6.42 Å². The molecular weight excluding hydrogens is 335 g/mol. The Bertz CT molecular complexity index is 648. The first-order valence-electron chi connectivity index (χ1n) is 7.61. The monoisotopic (exact) mass is 352 g/mol. The maximum absolute atomic E-state index is 12.5. The van der Waals surface area contributed by atoms with E-state index < -0.39 is 0 Å². The van der Waals surface area contributed by atoms with Crippen molar-refractivity contribution in [3.8, 4) is 0 Å². The largest absolute Gasteiger partial charge is 0.342 e. The van der Waals surface area contributed by atoms with Crippen LogP contribution >= 0.6 is 23.2 Å². The number of halogens is 2. The van der Waals surface area contributed by atoms with Crippen LogP contribution in [0.4, 0.5) is 0 Å². The number of carbonyl (C=O) groups is 2. The summed E-state index contributed by atoms with van der Waals surface area (Å²) in [5.74, 6) is 0.820. The van der Waals surface area contributed by atoms with E-state index in [9.17, 15) is 9.59 Å². The van der Waals surface area contributed by atoms with E-state index >= 15 is 0 Å². The van der Waals surface area contributed by atoms with E-state index in [4.69, 9.17) is 23.2 Å². The van der Waals surface area contributed by atoms with Gasteiger partial charge in [0, 0.05) is 38.0 Å². The molecule has 0 radical (unpaired) electrons. The molecule has 2 aliphatic heterocycles. The van der Waals surface area contributed by atoms with Gasteiger partial charge in [-0.15, -0.1) is 0 Å². The molecule has 1 aromatic rings. The Morgan fingerprint density at radius 2 is 1.70 bits per heavy atom. The van der Waals surface area contributed by atoms with Crippen LogP contribution < -0.4 is 0 Å². The highest BCUT2D eigenvalue weighted by Gasteiger charge is 2.42. The molecular formula is C17H18Cl2N2O2. The van der Waals surface area contributed by atoms with Gasteiger partial charge in [-0.25, -0.2) is 0 Å². The smallest absolute Gasteiger partial charge is 0.245 e. The molecule has 1 aromatic carbocycles. The van der Waals surface area contributed by atoms with Gasteiger partial charge < -0.3 is 9.80 Å². The highest BCUT2D eigenvalue weighted by atomic mass is 35.5. The zero-order valence-corrected chi connectivity index (χ0v) is 14.2. The fourth-order valence-corrected chi connectivity index (χ4v) is 3.76. The predicted octanol–water partition coefficient (Wildman–Crippen LogP) is 2.64. The quantitative estimate of drug-likeness (QED) is 0.784. The van der Waals surface area contributed by atoms with E-state index in [1.54, 1.807) is 12.1 Å². The Hall–Kier alpha value is -1.52. The number of hydrogen-bond donors (Lipinski definition) is 0. The number of carbonyl (C=O) groups excluding carboxylic acids is 2. The number of rotatable bonds is 3. The Labute approximate surface area is 145 Å². The Morgan fingerprint density at radius 3 is 2.26 bits per heavy atom. The van der Waals surface area contributed by atoms with Crippen molar-refractivity contribution in [3.05, 3.63) is 46.5 Å². The molecule has 0 saturated carbocycles. The SMILES string of the molecule is C=CC(=O)N1CC2CN(C(=O)Cc3ccc(Cl)c(Cl)c3)CC2C1. The maximum atomic E-state index is 12.5. The van der Waals surface area contributed by atoms with Crippen LogP contribution in [0.2, 0.25) is 10.0 Å². The summed E-state index contributed by atoms with van der Waals surface area (Å²) in [6.45, 7) is 6.38. The molecule has 0 bridgehead atoms. The molecule has 2 unspecified atom stereocenters. The van der Waals surface area contributed by atoms with E-state index in [-0.39, 0.29) is 11.8 Å². The highest BCUT2D eigenvalue weighted by molar-refractivity contribution is 6.42. The van der Waals surface area contributed by atoms with Crippen molar-refractivity contribution in [2.24, 2.45) is 11.8 Å². The van der Waals surface area contributed by atoms with Crippen LogP contribution in [-0.4, -0.2) is 47.8 Å². The van der Waals surface area contributed by atoms with Gasteiger partial charge in [-0.3, -0.25) is 9.59 Å². The molecule has 23 heavy (non-hydrogen) atoms. The average Bonchev–Trinajstić information content (AvgIpc) is 3.09. The van der Waals surface area contributed by atoms with Crippen molar-refractivity contribution in [3.63, 3.8) is 0 Å². The van der Waals surface area contributed by atoms with E-state index in [1.807, 2.05) is 15.9 Å². The minimum atomic E-state index is -0.0203. The van der Waals surface area contributed by atoms with Crippen molar-refractivity contribution in [1.29, 1.82) is 0 Å². The van der Waals surface area contributed by atoms with E-state index in [0.29, 0.717) is 54.5 Å². The highest BCUT2D eigenvalue weighted by Crippen LogP contribution is 2.31. The standard InChI is InChI=1S/C17H18Cl2N2O2/c1-2-16(22)20-7-12-9-21(10-13(12)8-20)17(23)6-11-3-4-14(18)15(19)5-11/h2-5,12-13H,1,6-10H2. The van der Waals surface area contributed by atoms with Gasteiger partial charge in [0.1, 0.15) is 0 Å². The summed E-state index contributed by atoms with van der Waals surface area (Å²) in [6, 6.07) is 5.28. The normalized spacial score (nSPS) is 23.0. The Morgan fingerprint density at radius 1 is 1.09 bits per heavy atom. The zero-order chi connectivity index (χ0) is 16.6. The summed E-state index contributed by atoms with van der Waals surface area (Å²) in [5.41, 5.74) is 0.866. The molecule has 0 N–H and O–H groups in total. The molecule has 2 aliphatic rings. The van der Waals surface area contributed by atoms with Crippen LogP contribution in [0.3, 0.4) is 0 Å². The predicted molar refractivity (Wildman–Crippen MR) is 90.5 cm³/mol. The summed E-state index contributed by atoms with van der Waals surface area (Å²) in [6.07, 6.45) is 1.68. The molecule has 2 amide bonds. The van der Waals surface area contributed by atoms with Crippen molar-refractivity contribution < 1.29 is 9.59 Å². The number of fused-ring (bicyclic) bond motifs is 1. The minimum Gasteiger partial charge on any atom is -0.342 e. The van der Waals surface area contributed by atoms with Gasteiger partial charge in [-0.2, -0.15) is 0 Å². The van der Waals surface area contributed by atoms with E-state index in [0.717, 1.165) is 5.56 Å². The van der Waals surface area contributed by atoms with E-state index in [1.165, 1.54) is 6.08 Å². The number of hydrogen-bond acceptors (Lipinski definition) is 2. The fraction of sp³-hybridized carbons (Fsp3) is 0.412. The van der Waals surface area contributed by atoms with Crippen LogP contribution in [0, 0.1) is 11.8 Å². The zero-order valence-electron chi connectivity index (χ0n) is 12.7. The molecule has 3 rings (SSSR count). The molecule has 0 aromatic heterocycles. The second-order valence-corrected chi connectivity index (χ2v) is 7.01. The van der Waals surface area contributed by atoms with E-state index in [2.05, 4.69) is 6.58 Å². The Balaban J connectivity index is 1.58. The molecule has 0 spiro atoms. The molecule has 2 fully saturated rings. The first-order chi connectivity index (χ1) is 11.0. The molecule has 2 heterocycles. The fourth-order valence-electron chi connectivity index (χ4n) is 3.44. The molecule has 2 atom stereocenters. The van der Waals surface area contributed by atoms with Gasteiger partial charge in [0.05, 0.1) is 16.5 Å². The minimum absolute atomic E-state index is 0.0203. The lowest BCUT2D eigenvalue weighted by molar-refractivity contribution is -0.129. The lowest BCUT2D eigenvalue weighted by atomic mass is 10.0. The maximum Gasteiger partial charge on any atom is 0.245 e. The third kappa shape index (κ3) is 3.38. The average molecular weight is 353 g/mol. The third-order valence-corrected chi connectivity index (χ3v) is 5.40. The first-order valence-corrected chi connectivity index (χ1v) is 8.36. The number of nitrogens with zero attached hydrogens (tertiary/aromatic N) is 2. The molecule has 122 valence electrons. The number of amides is 2. The number of likely N-dealkylation sites (tertiary alicyclic amines) is 2. The van der Waals surface area contributed by atoms with Gasteiger partial charge in [0.25, 0.3) is 0 Å². The lowest BCUT2D eigenvalue weighted by Gasteiger charge is -2.21. The first kappa shape index (κ1) is 16.3.